The quantitative estimate of drug-likeness (QED) is 0.891. The Balaban J connectivity index is 1.64. The van der Waals surface area contributed by atoms with E-state index in [1.807, 2.05) is 32.2 Å². The van der Waals surface area contributed by atoms with E-state index in [4.69, 9.17) is 4.74 Å². The molecule has 0 saturated carbocycles. The van der Waals surface area contributed by atoms with Crippen LogP contribution in [0.1, 0.15) is 29.9 Å². The van der Waals surface area contributed by atoms with E-state index in [1.165, 1.54) is 0 Å². The number of H-pyrrole nitrogens is 1. The van der Waals surface area contributed by atoms with Gasteiger partial charge in [-0.25, -0.2) is 4.98 Å². The number of aromatic nitrogens is 4. The highest BCUT2D eigenvalue weighted by Gasteiger charge is 2.32. The van der Waals surface area contributed by atoms with E-state index in [0.717, 1.165) is 42.6 Å². The number of rotatable bonds is 4. The molecule has 20 heavy (non-hydrogen) atoms. The van der Waals surface area contributed by atoms with Crippen molar-refractivity contribution >= 4 is 5.69 Å². The molecule has 3 heterocycles. The predicted molar refractivity (Wildman–Crippen MR) is 75.4 cm³/mol. The summed E-state index contributed by atoms with van der Waals surface area (Å²) in [6.45, 7) is 5.50. The summed E-state index contributed by atoms with van der Waals surface area (Å²) in [5.41, 5.74) is 2.10. The van der Waals surface area contributed by atoms with Crippen LogP contribution in [0.3, 0.4) is 0 Å². The van der Waals surface area contributed by atoms with Gasteiger partial charge < -0.3 is 10.1 Å². The summed E-state index contributed by atoms with van der Waals surface area (Å²) >= 11 is 0. The van der Waals surface area contributed by atoms with Crippen molar-refractivity contribution in [2.45, 2.75) is 26.4 Å². The summed E-state index contributed by atoms with van der Waals surface area (Å²) in [5, 5.41) is 10.5. The van der Waals surface area contributed by atoms with E-state index in [-0.39, 0.29) is 6.10 Å². The third-order valence-electron chi connectivity index (χ3n) is 3.55. The topological polar surface area (TPSA) is 75.7 Å². The molecule has 106 valence electrons. The minimum absolute atomic E-state index is 0.0182. The average Bonchev–Trinajstić information content (AvgIpc) is 3.04. The average molecular weight is 273 g/mol. The van der Waals surface area contributed by atoms with E-state index in [2.05, 4.69) is 25.5 Å². The Bertz CT molecular complexity index is 582. The molecule has 0 unspecified atom stereocenters. The Hall–Kier alpha value is -1.95. The first-order chi connectivity index (χ1) is 9.72. The summed E-state index contributed by atoms with van der Waals surface area (Å²) < 4.78 is 5.78. The number of anilines is 1. The van der Waals surface area contributed by atoms with E-state index in [9.17, 15) is 0 Å². The number of pyridine rings is 1. The number of ether oxygens (including phenoxy) is 1. The first kappa shape index (κ1) is 13.1. The van der Waals surface area contributed by atoms with Crippen molar-refractivity contribution in [3.8, 4) is 0 Å². The minimum atomic E-state index is -0.0182. The van der Waals surface area contributed by atoms with Gasteiger partial charge in [-0.05, 0) is 32.4 Å². The van der Waals surface area contributed by atoms with Gasteiger partial charge in [0.15, 0.2) is 5.82 Å². The monoisotopic (exact) mass is 273 g/mol. The molecular weight excluding hydrogens is 254 g/mol. The summed E-state index contributed by atoms with van der Waals surface area (Å²) in [7, 11) is 0. The second kappa shape index (κ2) is 5.58. The lowest BCUT2D eigenvalue weighted by molar-refractivity contribution is 0.0864. The summed E-state index contributed by atoms with van der Waals surface area (Å²) in [6.07, 6.45) is 2.82. The van der Waals surface area contributed by atoms with Gasteiger partial charge in [0, 0.05) is 36.6 Å². The van der Waals surface area contributed by atoms with Crippen molar-refractivity contribution in [2.24, 2.45) is 5.92 Å². The van der Waals surface area contributed by atoms with Crippen molar-refractivity contribution in [3.63, 3.8) is 0 Å². The number of hydrogen-bond acceptors (Lipinski definition) is 5. The second-order valence-corrected chi connectivity index (χ2v) is 5.19. The summed E-state index contributed by atoms with van der Waals surface area (Å²) in [6, 6.07) is 4.02. The number of aryl methyl sites for hydroxylation is 2. The molecule has 6 heteroatoms. The Kier molecular flexibility index (Phi) is 3.64. The molecule has 0 spiro atoms. The van der Waals surface area contributed by atoms with Crippen molar-refractivity contribution in [1.82, 2.24) is 20.2 Å². The first-order valence-corrected chi connectivity index (χ1v) is 6.89. The number of aromatic amines is 1. The van der Waals surface area contributed by atoms with Crippen LogP contribution >= 0.6 is 0 Å². The second-order valence-electron chi connectivity index (χ2n) is 5.19. The number of nitrogens with zero attached hydrogens (tertiary/aromatic N) is 3. The fourth-order valence-electron chi connectivity index (χ4n) is 2.52. The van der Waals surface area contributed by atoms with Crippen LogP contribution < -0.4 is 5.32 Å². The zero-order chi connectivity index (χ0) is 13.9. The predicted octanol–water partition coefficient (Wildman–Crippen LogP) is 2.01. The third kappa shape index (κ3) is 2.80. The number of nitrogens with one attached hydrogen (secondary N) is 2. The first-order valence-electron chi connectivity index (χ1n) is 6.89. The Labute approximate surface area is 118 Å². The molecule has 0 bridgehead atoms. The molecule has 1 aliphatic rings. The Morgan fingerprint density at radius 2 is 2.35 bits per heavy atom. The van der Waals surface area contributed by atoms with Gasteiger partial charge in [-0.1, -0.05) is 0 Å². The lowest BCUT2D eigenvalue weighted by Crippen LogP contribution is -2.19. The zero-order valence-corrected chi connectivity index (χ0v) is 11.8. The van der Waals surface area contributed by atoms with E-state index >= 15 is 0 Å². The Morgan fingerprint density at radius 3 is 3.10 bits per heavy atom. The molecule has 1 fully saturated rings. The lowest BCUT2D eigenvalue weighted by Gasteiger charge is -2.17. The van der Waals surface area contributed by atoms with Gasteiger partial charge in [-0.15, -0.1) is 0 Å². The van der Waals surface area contributed by atoms with Gasteiger partial charge in [-0.2, -0.15) is 5.10 Å². The molecule has 1 saturated heterocycles. The molecule has 2 N–H and O–H groups in total. The molecule has 3 rings (SSSR count). The maximum atomic E-state index is 5.78. The fraction of sp³-hybridized carbons (Fsp3) is 0.500. The van der Waals surface area contributed by atoms with Crippen LogP contribution in [0, 0.1) is 19.8 Å². The molecule has 0 aromatic carbocycles. The SMILES string of the molecule is Cc1cc(NC[C@@H]2CCO[C@@H]2c2n[nH]c(C)n2)ccn1. The van der Waals surface area contributed by atoms with Crippen LogP contribution in [0.5, 0.6) is 0 Å². The van der Waals surface area contributed by atoms with Crippen LogP contribution in [0.2, 0.25) is 0 Å². The molecule has 0 amide bonds. The molecule has 2 aromatic heterocycles. The minimum Gasteiger partial charge on any atom is -0.385 e. The third-order valence-corrected chi connectivity index (χ3v) is 3.55. The number of hydrogen-bond donors (Lipinski definition) is 2. The van der Waals surface area contributed by atoms with Crippen LogP contribution in [-0.4, -0.2) is 33.3 Å². The highest BCUT2D eigenvalue weighted by atomic mass is 16.5. The van der Waals surface area contributed by atoms with Crippen LogP contribution in [-0.2, 0) is 4.74 Å². The molecule has 0 radical (unpaired) electrons. The standard InChI is InChI=1S/C14H19N5O/c1-9-7-12(3-5-15-9)16-8-11-4-6-20-13(11)14-17-10(2)18-19-14/h3,5,7,11,13H,4,6,8H2,1-2H3,(H,15,16)(H,17,18,19)/t11-,13-/m0/s1. The zero-order valence-electron chi connectivity index (χ0n) is 11.8. The molecule has 2 atom stereocenters. The smallest absolute Gasteiger partial charge is 0.179 e. The Morgan fingerprint density at radius 1 is 1.45 bits per heavy atom. The normalized spacial score (nSPS) is 22.1. The van der Waals surface area contributed by atoms with Crippen LogP contribution in [0.15, 0.2) is 18.3 Å². The summed E-state index contributed by atoms with van der Waals surface area (Å²) in [4.78, 5) is 8.58. The maximum absolute atomic E-state index is 5.78. The van der Waals surface area contributed by atoms with Gasteiger partial charge in [0.25, 0.3) is 0 Å². The molecule has 0 aliphatic carbocycles. The molecule has 6 nitrogen and oxygen atoms in total. The van der Waals surface area contributed by atoms with Crippen molar-refractivity contribution in [3.05, 3.63) is 35.7 Å². The van der Waals surface area contributed by atoms with Gasteiger partial charge in [-0.3, -0.25) is 10.1 Å². The summed E-state index contributed by atoms with van der Waals surface area (Å²) in [5.74, 6) is 1.98. The highest BCUT2D eigenvalue weighted by Crippen LogP contribution is 2.32. The molecule has 1 aliphatic heterocycles. The highest BCUT2D eigenvalue weighted by molar-refractivity contribution is 5.42. The van der Waals surface area contributed by atoms with Gasteiger partial charge >= 0.3 is 0 Å². The van der Waals surface area contributed by atoms with E-state index in [0.29, 0.717) is 5.92 Å². The van der Waals surface area contributed by atoms with E-state index < -0.39 is 0 Å². The van der Waals surface area contributed by atoms with Crippen LogP contribution in [0.4, 0.5) is 5.69 Å². The van der Waals surface area contributed by atoms with Crippen LogP contribution in [0.25, 0.3) is 0 Å². The van der Waals surface area contributed by atoms with Gasteiger partial charge in [0.1, 0.15) is 11.9 Å². The fourth-order valence-corrected chi connectivity index (χ4v) is 2.52. The lowest BCUT2D eigenvalue weighted by atomic mass is 10.0. The van der Waals surface area contributed by atoms with Gasteiger partial charge in [0.2, 0.25) is 0 Å². The van der Waals surface area contributed by atoms with E-state index in [1.54, 1.807) is 0 Å². The van der Waals surface area contributed by atoms with Crippen molar-refractivity contribution < 1.29 is 4.74 Å². The molecule has 2 aromatic rings. The largest absolute Gasteiger partial charge is 0.385 e. The molecular formula is C14H19N5O. The van der Waals surface area contributed by atoms with Gasteiger partial charge in [0.05, 0.1) is 0 Å². The maximum Gasteiger partial charge on any atom is 0.179 e. The van der Waals surface area contributed by atoms with Crippen molar-refractivity contribution in [1.29, 1.82) is 0 Å². The van der Waals surface area contributed by atoms with Crippen molar-refractivity contribution in [2.75, 3.05) is 18.5 Å².